The van der Waals surface area contributed by atoms with Crippen LogP contribution in [0.3, 0.4) is 0 Å². The Kier molecular flexibility index (Phi) is 4.01. The summed E-state index contributed by atoms with van der Waals surface area (Å²) in [7, 11) is 1.36. The Hall–Kier alpha value is -1.38. The molecule has 0 saturated heterocycles. The molecular formula is C18H22F2O. The Morgan fingerprint density at radius 1 is 1.05 bits per heavy atom. The van der Waals surface area contributed by atoms with E-state index < -0.39 is 11.6 Å². The number of allylic oxidation sites excluding steroid dienone is 2. The van der Waals surface area contributed by atoms with Crippen molar-refractivity contribution in [2.45, 2.75) is 38.5 Å². The van der Waals surface area contributed by atoms with Crippen molar-refractivity contribution in [3.05, 3.63) is 41.5 Å². The van der Waals surface area contributed by atoms with Gasteiger partial charge in [0, 0.05) is 0 Å². The van der Waals surface area contributed by atoms with Gasteiger partial charge in [-0.05, 0) is 67.9 Å². The minimum absolute atomic E-state index is 0.0102. The third-order valence-electron chi connectivity index (χ3n) is 5.40. The normalized spacial score (nSPS) is 31.8. The van der Waals surface area contributed by atoms with Crippen molar-refractivity contribution < 1.29 is 13.5 Å². The topological polar surface area (TPSA) is 9.23 Å². The van der Waals surface area contributed by atoms with Crippen LogP contribution in [0.25, 0.3) is 0 Å². The van der Waals surface area contributed by atoms with Gasteiger partial charge in [0.1, 0.15) is 0 Å². The molecule has 21 heavy (non-hydrogen) atoms. The molecule has 3 rings (SSSR count). The van der Waals surface area contributed by atoms with E-state index in [4.69, 9.17) is 4.74 Å². The van der Waals surface area contributed by atoms with Crippen LogP contribution in [-0.2, 0) is 0 Å². The van der Waals surface area contributed by atoms with Crippen LogP contribution >= 0.6 is 0 Å². The molecular weight excluding hydrogens is 270 g/mol. The third-order valence-corrected chi connectivity index (χ3v) is 5.40. The molecule has 0 amide bonds. The highest BCUT2D eigenvalue weighted by Crippen LogP contribution is 2.55. The number of rotatable bonds is 3. The highest BCUT2D eigenvalue weighted by molar-refractivity contribution is 5.34. The van der Waals surface area contributed by atoms with Gasteiger partial charge in [0.15, 0.2) is 11.6 Å². The lowest BCUT2D eigenvalue weighted by atomic mass is 9.84. The molecule has 2 fully saturated rings. The van der Waals surface area contributed by atoms with E-state index in [1.54, 1.807) is 12.1 Å². The van der Waals surface area contributed by atoms with Crippen molar-refractivity contribution in [3.63, 3.8) is 0 Å². The molecule has 2 aliphatic rings. The van der Waals surface area contributed by atoms with Crippen molar-refractivity contribution in [3.8, 4) is 5.75 Å². The molecule has 1 aromatic rings. The minimum Gasteiger partial charge on any atom is -0.494 e. The average molecular weight is 292 g/mol. The molecule has 0 aromatic heterocycles. The summed E-state index contributed by atoms with van der Waals surface area (Å²) in [6, 6.07) is 3.27. The molecule has 2 aliphatic carbocycles. The fraction of sp³-hybridized carbons (Fsp3) is 0.556. The van der Waals surface area contributed by atoms with E-state index in [1.165, 1.54) is 13.5 Å². The summed E-state index contributed by atoms with van der Waals surface area (Å²) in [4.78, 5) is 0. The van der Waals surface area contributed by atoms with Gasteiger partial charge in [-0.3, -0.25) is 0 Å². The van der Waals surface area contributed by atoms with Crippen LogP contribution in [-0.4, -0.2) is 7.11 Å². The Bertz CT molecular complexity index is 552. The summed E-state index contributed by atoms with van der Waals surface area (Å²) in [6.07, 6.45) is 8.80. The van der Waals surface area contributed by atoms with E-state index in [0.29, 0.717) is 23.3 Å². The molecule has 0 N–H and O–H groups in total. The van der Waals surface area contributed by atoms with Crippen molar-refractivity contribution in [2.24, 2.45) is 17.8 Å². The molecule has 4 unspecified atom stereocenters. The molecule has 1 aromatic carbocycles. The highest BCUT2D eigenvalue weighted by atomic mass is 19.2. The third kappa shape index (κ3) is 2.37. The maximum atomic E-state index is 14.3. The second-order valence-electron chi connectivity index (χ2n) is 6.26. The highest BCUT2D eigenvalue weighted by Gasteiger charge is 2.45. The van der Waals surface area contributed by atoms with Gasteiger partial charge in [-0.15, -0.1) is 0 Å². The maximum absolute atomic E-state index is 14.3. The largest absolute Gasteiger partial charge is 0.494 e. The number of halogens is 2. The standard InChI is InChI=1S/C18H22F2O/c1-3-4-11-5-6-13-12(11)7-8-14(13)15-9-10-16(21-2)18(20)17(15)19/h3-4,9-14H,5-8H2,1-2H3/b4-3+. The van der Waals surface area contributed by atoms with Crippen molar-refractivity contribution in [1.29, 1.82) is 0 Å². The lowest BCUT2D eigenvalue weighted by molar-refractivity contribution is 0.358. The number of ether oxygens (including phenoxy) is 1. The Balaban J connectivity index is 1.88. The number of hydrogen-bond acceptors (Lipinski definition) is 1. The SMILES string of the molecule is C/C=C/C1CCC2C(c3ccc(OC)c(F)c3F)CCC12. The molecule has 0 heterocycles. The predicted molar refractivity (Wildman–Crippen MR) is 79.4 cm³/mol. The Labute approximate surface area is 125 Å². The van der Waals surface area contributed by atoms with Crippen molar-refractivity contribution in [2.75, 3.05) is 7.11 Å². The lowest BCUT2D eigenvalue weighted by Gasteiger charge is -2.21. The minimum atomic E-state index is -0.846. The molecule has 2 saturated carbocycles. The van der Waals surface area contributed by atoms with Crippen LogP contribution in [0, 0.1) is 29.4 Å². The summed E-state index contributed by atoms with van der Waals surface area (Å²) in [5.41, 5.74) is 0.543. The van der Waals surface area contributed by atoms with Gasteiger partial charge in [-0.2, -0.15) is 4.39 Å². The molecule has 3 heteroatoms. The second kappa shape index (κ2) is 5.78. The van der Waals surface area contributed by atoms with Crippen LogP contribution in [0.4, 0.5) is 8.78 Å². The van der Waals surface area contributed by atoms with Crippen LogP contribution in [0.5, 0.6) is 5.75 Å². The molecule has 4 atom stereocenters. The van der Waals surface area contributed by atoms with Gasteiger partial charge in [0.25, 0.3) is 0 Å². The average Bonchev–Trinajstić information content (AvgIpc) is 3.06. The summed E-state index contributed by atoms with van der Waals surface area (Å²) >= 11 is 0. The van der Waals surface area contributed by atoms with Crippen LogP contribution in [0.15, 0.2) is 24.3 Å². The van der Waals surface area contributed by atoms with E-state index >= 15 is 0 Å². The van der Waals surface area contributed by atoms with E-state index in [2.05, 4.69) is 19.1 Å². The van der Waals surface area contributed by atoms with E-state index in [0.717, 1.165) is 19.3 Å². The quantitative estimate of drug-likeness (QED) is 0.707. The van der Waals surface area contributed by atoms with Gasteiger partial charge >= 0.3 is 0 Å². The Morgan fingerprint density at radius 2 is 1.81 bits per heavy atom. The first-order valence-electron chi connectivity index (χ1n) is 7.82. The van der Waals surface area contributed by atoms with Crippen molar-refractivity contribution >= 4 is 0 Å². The molecule has 0 aliphatic heterocycles. The number of hydrogen-bond donors (Lipinski definition) is 0. The van der Waals surface area contributed by atoms with Crippen LogP contribution < -0.4 is 4.74 Å². The zero-order valence-electron chi connectivity index (χ0n) is 12.6. The zero-order valence-corrected chi connectivity index (χ0v) is 12.6. The molecule has 0 radical (unpaired) electrons. The predicted octanol–water partition coefficient (Wildman–Crippen LogP) is 5.07. The summed E-state index contributed by atoms with van der Waals surface area (Å²) < 4.78 is 33.1. The van der Waals surface area contributed by atoms with Gasteiger partial charge < -0.3 is 4.74 Å². The van der Waals surface area contributed by atoms with E-state index in [1.807, 2.05) is 0 Å². The van der Waals surface area contributed by atoms with Crippen molar-refractivity contribution in [1.82, 2.24) is 0 Å². The van der Waals surface area contributed by atoms with Gasteiger partial charge in [0.05, 0.1) is 7.11 Å². The monoisotopic (exact) mass is 292 g/mol. The van der Waals surface area contributed by atoms with Crippen LogP contribution in [0.1, 0.15) is 44.1 Å². The fourth-order valence-electron chi connectivity index (χ4n) is 4.51. The summed E-state index contributed by atoms with van der Waals surface area (Å²) in [5.74, 6) is 0.339. The molecule has 114 valence electrons. The van der Waals surface area contributed by atoms with E-state index in [-0.39, 0.29) is 11.7 Å². The Morgan fingerprint density at radius 3 is 2.52 bits per heavy atom. The smallest absolute Gasteiger partial charge is 0.200 e. The lowest BCUT2D eigenvalue weighted by Crippen LogP contribution is -2.12. The van der Waals surface area contributed by atoms with Gasteiger partial charge in [-0.1, -0.05) is 18.2 Å². The maximum Gasteiger partial charge on any atom is 0.200 e. The fourth-order valence-corrected chi connectivity index (χ4v) is 4.51. The first-order chi connectivity index (χ1) is 10.2. The first-order valence-corrected chi connectivity index (χ1v) is 7.82. The summed E-state index contributed by atoms with van der Waals surface area (Å²) in [5, 5.41) is 0. The second-order valence-corrected chi connectivity index (χ2v) is 6.26. The van der Waals surface area contributed by atoms with Gasteiger partial charge in [-0.25, -0.2) is 4.39 Å². The molecule has 0 bridgehead atoms. The number of fused-ring (bicyclic) bond motifs is 1. The number of benzene rings is 1. The summed E-state index contributed by atoms with van der Waals surface area (Å²) in [6.45, 7) is 2.05. The number of methoxy groups -OCH3 is 1. The molecule has 0 spiro atoms. The first kappa shape index (κ1) is 14.6. The van der Waals surface area contributed by atoms with E-state index in [9.17, 15) is 8.78 Å². The van der Waals surface area contributed by atoms with Crippen LogP contribution in [0.2, 0.25) is 0 Å². The zero-order chi connectivity index (χ0) is 15.0. The molecule has 1 nitrogen and oxygen atoms in total. The van der Waals surface area contributed by atoms with Gasteiger partial charge in [0.2, 0.25) is 5.82 Å².